The minimum atomic E-state index is -5.47. The van der Waals surface area contributed by atoms with Crippen LogP contribution in [0.3, 0.4) is 0 Å². The number of rotatable bonds is 15. The number of likely N-dealkylation sites (tertiary alicyclic amines) is 1. The molecule has 17 nitrogen and oxygen atoms in total. The molecule has 2 heterocycles. The van der Waals surface area contributed by atoms with Crippen LogP contribution in [0.4, 0.5) is 32.8 Å². The summed E-state index contributed by atoms with van der Waals surface area (Å²) < 4.78 is 67.4. The number of fused-ring (bicyclic) bond motifs is 1. The van der Waals surface area contributed by atoms with Gasteiger partial charge in [-0.05, 0) is 158 Å². The normalized spacial score (nSPS) is 20.5. The lowest BCUT2D eigenvalue weighted by atomic mass is 9.81. The molecule has 3 aliphatic rings. The summed E-state index contributed by atoms with van der Waals surface area (Å²) in [6, 6.07) is 17.3. The van der Waals surface area contributed by atoms with Crippen LogP contribution < -0.4 is 21.3 Å². The zero-order valence-electron chi connectivity index (χ0n) is 42.5. The first-order valence-electron chi connectivity index (χ1n) is 24.8. The first-order chi connectivity index (χ1) is 34.7. The number of ether oxygens (including phenoxy) is 2. The van der Waals surface area contributed by atoms with Crippen LogP contribution in [0.5, 0.6) is 0 Å². The third-order valence-electron chi connectivity index (χ3n) is 13.7. The molecule has 1 saturated heterocycles. The maximum Gasteiger partial charge on any atom is 0.411 e. The van der Waals surface area contributed by atoms with Crippen LogP contribution in [0, 0.1) is 24.7 Å². The maximum absolute atomic E-state index is 14.4. The fourth-order valence-corrected chi connectivity index (χ4v) is 9.86. The molecule has 5 amide bonds. The van der Waals surface area contributed by atoms with Crippen molar-refractivity contribution in [3.05, 3.63) is 89.2 Å². The second-order valence-electron chi connectivity index (χ2n) is 21.5. The van der Waals surface area contributed by atoms with Crippen molar-refractivity contribution in [1.29, 1.82) is 0 Å². The Bertz CT molecular complexity index is 2710. The van der Waals surface area contributed by atoms with Crippen LogP contribution in [0.25, 0.3) is 22.5 Å². The van der Waals surface area contributed by atoms with Crippen molar-refractivity contribution in [3.63, 3.8) is 0 Å². The Hall–Kier alpha value is -7.06. The number of alkyl halides is 4. The second kappa shape index (κ2) is 21.8. The summed E-state index contributed by atoms with van der Waals surface area (Å²) in [5, 5.41) is 25.6. The van der Waals surface area contributed by atoms with Crippen LogP contribution in [-0.2, 0) is 36.2 Å². The summed E-state index contributed by atoms with van der Waals surface area (Å²) in [4.78, 5) is 82.6. The number of H-pyrrole nitrogens is 1. The van der Waals surface area contributed by atoms with Crippen molar-refractivity contribution in [2.24, 2.45) is 17.8 Å². The van der Waals surface area contributed by atoms with Gasteiger partial charge < -0.3 is 40.7 Å². The predicted molar refractivity (Wildman–Crippen MR) is 264 cm³/mol. The summed E-state index contributed by atoms with van der Waals surface area (Å²) in [6.07, 6.45) is 3.93. The van der Waals surface area contributed by atoms with E-state index in [1.54, 1.807) is 36.8 Å². The van der Waals surface area contributed by atoms with Gasteiger partial charge in [0.1, 0.15) is 17.2 Å². The Kier molecular flexibility index (Phi) is 16.1. The Morgan fingerprint density at radius 3 is 2.08 bits per heavy atom. The minimum absolute atomic E-state index is 0.0181. The molecule has 3 aromatic carbocycles. The van der Waals surface area contributed by atoms with Gasteiger partial charge in [0.05, 0.1) is 0 Å². The van der Waals surface area contributed by atoms with Gasteiger partial charge in [-0.2, -0.15) is 22.7 Å². The third kappa shape index (κ3) is 13.0. The lowest BCUT2D eigenvalue weighted by Gasteiger charge is -2.29. The number of hydrogen-bond donors (Lipinski definition) is 6. The number of carbonyl (C=O) groups excluding carboxylic acids is 5. The number of halogens is 4. The van der Waals surface area contributed by atoms with Gasteiger partial charge in [-0.15, -0.1) is 0 Å². The maximum atomic E-state index is 14.4. The van der Waals surface area contributed by atoms with E-state index in [2.05, 4.69) is 31.3 Å². The number of aryl methyl sites for hydroxylation is 1. The van der Waals surface area contributed by atoms with Crippen molar-refractivity contribution in [2.75, 3.05) is 18.4 Å². The van der Waals surface area contributed by atoms with Gasteiger partial charge in [0.25, 0.3) is 5.91 Å². The lowest BCUT2D eigenvalue weighted by molar-refractivity contribution is -0.231. The van der Waals surface area contributed by atoms with Crippen LogP contribution in [0.1, 0.15) is 114 Å². The van der Waals surface area contributed by atoms with E-state index in [4.69, 9.17) is 14.6 Å². The summed E-state index contributed by atoms with van der Waals surface area (Å²) in [6.45, 7) is 13.7. The number of carbonyl (C=O) groups is 6. The quantitative estimate of drug-likeness (QED) is 0.0616. The van der Waals surface area contributed by atoms with Gasteiger partial charge >= 0.3 is 30.0 Å². The minimum Gasteiger partial charge on any atom is -0.477 e. The Morgan fingerprint density at radius 1 is 0.811 bits per heavy atom. The highest BCUT2D eigenvalue weighted by Crippen LogP contribution is 2.42. The van der Waals surface area contributed by atoms with E-state index in [9.17, 15) is 46.3 Å². The number of nitrogens with one attached hydrogen (secondary N) is 5. The molecule has 4 aromatic rings. The lowest BCUT2D eigenvalue weighted by Crippen LogP contribution is -2.48. The van der Waals surface area contributed by atoms with E-state index in [1.165, 1.54) is 24.3 Å². The van der Waals surface area contributed by atoms with Crippen molar-refractivity contribution in [2.45, 2.75) is 141 Å². The first kappa shape index (κ1) is 54.7. The zero-order chi connectivity index (χ0) is 53.9. The smallest absolute Gasteiger partial charge is 0.411 e. The molecule has 0 radical (unpaired) electrons. The van der Waals surface area contributed by atoms with Crippen molar-refractivity contribution in [3.8, 4) is 22.5 Å². The number of nitrogens with zero attached hydrogens (tertiary/aromatic N) is 3. The van der Waals surface area contributed by atoms with E-state index in [0.29, 0.717) is 49.9 Å². The van der Waals surface area contributed by atoms with E-state index >= 15 is 0 Å². The molecule has 0 bridgehead atoms. The van der Waals surface area contributed by atoms with Crippen LogP contribution in [-0.4, -0.2) is 109 Å². The van der Waals surface area contributed by atoms with Gasteiger partial charge in [0.15, 0.2) is 5.82 Å². The second-order valence-corrected chi connectivity index (χ2v) is 21.5. The molecule has 74 heavy (non-hydrogen) atoms. The van der Waals surface area contributed by atoms with Crippen LogP contribution in [0.15, 0.2) is 66.7 Å². The molecule has 2 aliphatic carbocycles. The summed E-state index contributed by atoms with van der Waals surface area (Å²) in [5.41, 5.74) is 2.89. The SMILES string of the molecule is Cc1cc(C(=O)NC2CCC3C2CCN3C(=O)OC(C)(C)C)ccc1-c1ccc(C[C@H](NC(=O)C2CCC(CNC(=O)OC(C)(C)C)CC2)C(=O)Nc2ccc(-c3n[nH]c(C(F)(F)C(F)(F)C(=O)O)n3)cc2)cc1. The molecule has 1 aliphatic heterocycles. The van der Waals surface area contributed by atoms with Crippen LogP contribution >= 0.6 is 0 Å². The summed E-state index contributed by atoms with van der Waals surface area (Å²) in [7, 11) is 0. The Labute approximate surface area is 426 Å². The van der Waals surface area contributed by atoms with Gasteiger partial charge in [0.2, 0.25) is 17.6 Å². The Balaban J connectivity index is 1.01. The van der Waals surface area contributed by atoms with E-state index in [0.717, 1.165) is 36.0 Å². The van der Waals surface area contributed by atoms with E-state index < -0.39 is 64.6 Å². The number of carboxylic acids is 1. The van der Waals surface area contributed by atoms with Crippen molar-refractivity contribution in [1.82, 2.24) is 36.0 Å². The topological polar surface area (TPSA) is 234 Å². The average molecular weight is 1030 g/mol. The number of aromatic nitrogens is 3. The third-order valence-corrected chi connectivity index (χ3v) is 13.7. The summed E-state index contributed by atoms with van der Waals surface area (Å²) in [5.74, 6) is -17.0. The highest BCUT2D eigenvalue weighted by atomic mass is 19.3. The standard InChI is InChI=1S/C53H64F4N8O9/c1-29-26-35(44(67)60-39-22-23-41-38(39)24-25-65(41)49(72)74-51(5,6)7)18-21-37(29)32-12-8-30(9-13-32)27-40(61-43(66)34-14-10-31(11-15-34)28-58-48(71)73-50(2,3)4)45(68)59-36-19-16-33(17-20-36)42-62-46(64-63-42)52(54,55)53(56,57)47(69)70/h8-9,12-13,16-21,26,31,34,38-41H,10-11,14-15,22-25,27-28H2,1-7H3,(H,58,71)(H,59,68)(H,60,67)(H,61,66)(H,69,70)(H,62,63,64)/t31?,34?,38?,39?,40-,41?/m0/s1. The monoisotopic (exact) mass is 1030 g/mol. The highest BCUT2D eigenvalue weighted by Gasteiger charge is 2.65. The molecular formula is C53H64F4N8O9. The number of amides is 5. The molecule has 3 fully saturated rings. The fraction of sp³-hybridized carbons (Fsp3) is 0.509. The van der Waals surface area contributed by atoms with E-state index in [1.807, 2.05) is 64.1 Å². The largest absolute Gasteiger partial charge is 0.477 e. The number of aromatic amines is 1. The first-order valence-corrected chi connectivity index (χ1v) is 24.8. The number of carboxylic acid groups (broad SMARTS) is 1. The molecule has 1 aromatic heterocycles. The summed E-state index contributed by atoms with van der Waals surface area (Å²) >= 11 is 0. The molecule has 7 rings (SSSR count). The highest BCUT2D eigenvalue weighted by molar-refractivity contribution is 5.98. The van der Waals surface area contributed by atoms with Gasteiger partial charge in [0, 0.05) is 60.2 Å². The van der Waals surface area contributed by atoms with Gasteiger partial charge in [-0.1, -0.05) is 30.3 Å². The molecule has 21 heteroatoms. The fourth-order valence-electron chi connectivity index (χ4n) is 9.86. The van der Waals surface area contributed by atoms with Gasteiger partial charge in [-0.3, -0.25) is 19.5 Å². The van der Waals surface area contributed by atoms with Crippen molar-refractivity contribution < 1.29 is 60.9 Å². The van der Waals surface area contributed by atoms with E-state index in [-0.39, 0.29) is 59.5 Å². The van der Waals surface area contributed by atoms with Gasteiger partial charge in [-0.25, -0.2) is 19.4 Å². The predicted octanol–water partition coefficient (Wildman–Crippen LogP) is 8.77. The number of anilines is 1. The molecular weight excluding hydrogens is 969 g/mol. The zero-order valence-corrected chi connectivity index (χ0v) is 42.5. The molecule has 0 spiro atoms. The molecule has 2 saturated carbocycles. The van der Waals surface area contributed by atoms with Crippen molar-refractivity contribution >= 4 is 41.6 Å². The van der Waals surface area contributed by atoms with Crippen LogP contribution in [0.2, 0.25) is 0 Å². The number of aliphatic carboxylic acids is 1. The number of alkyl carbamates (subject to hydrolysis) is 1. The molecule has 4 atom stereocenters. The average Bonchev–Trinajstić information content (AvgIpc) is 4.09. The molecule has 6 N–H and O–H groups in total. The Morgan fingerprint density at radius 2 is 1.46 bits per heavy atom. The molecule has 398 valence electrons. The number of benzene rings is 3. The molecule has 3 unspecified atom stereocenters. The number of hydrogen-bond acceptors (Lipinski definition) is 10.